The molecule has 0 fully saturated rings. The Morgan fingerprint density at radius 3 is 2.31 bits per heavy atom. The number of amides is 1. The number of fused-ring (bicyclic) bond motifs is 1. The van der Waals surface area contributed by atoms with E-state index in [0.717, 1.165) is 22.9 Å². The number of pyridine rings is 1. The number of nitrogens with one attached hydrogen (secondary N) is 1. The lowest BCUT2D eigenvalue weighted by Gasteiger charge is -2.15. The molecule has 3 aromatic carbocycles. The first-order valence-corrected chi connectivity index (χ1v) is 11.1. The molecule has 4 rings (SSSR count). The van der Waals surface area contributed by atoms with Gasteiger partial charge in [0, 0.05) is 10.9 Å². The van der Waals surface area contributed by atoms with Gasteiger partial charge in [0.25, 0.3) is 5.91 Å². The molecule has 0 bridgehead atoms. The van der Waals surface area contributed by atoms with Gasteiger partial charge in [-0.2, -0.15) is 13.2 Å². The molecule has 1 atom stereocenters. The molecule has 8 heteroatoms. The lowest BCUT2D eigenvalue weighted by Crippen LogP contribution is -2.27. The summed E-state index contributed by atoms with van der Waals surface area (Å²) in [5.74, 6) is 0.847. The molecule has 1 aromatic heterocycles. The number of hydrogen-bond acceptors (Lipinski definition) is 4. The monoisotopic (exact) mass is 481 g/mol. The molecule has 0 saturated carbocycles. The molecular formula is C27H26F3N3O2. The van der Waals surface area contributed by atoms with Crippen LogP contribution in [0.25, 0.3) is 10.8 Å². The molecule has 1 heterocycles. The third kappa shape index (κ3) is 6.29. The van der Waals surface area contributed by atoms with E-state index in [0.29, 0.717) is 22.8 Å². The lowest BCUT2D eigenvalue weighted by atomic mass is 10.1. The average molecular weight is 482 g/mol. The van der Waals surface area contributed by atoms with Gasteiger partial charge in [0.15, 0.2) is 0 Å². The minimum Gasteiger partial charge on any atom is -0.457 e. The van der Waals surface area contributed by atoms with Gasteiger partial charge in [0.2, 0.25) is 0 Å². The van der Waals surface area contributed by atoms with Crippen LogP contribution < -0.4 is 15.8 Å². The van der Waals surface area contributed by atoms with Crippen molar-refractivity contribution in [2.45, 2.75) is 33.0 Å². The molecule has 4 aromatic rings. The Hall–Kier alpha value is -4.07. The van der Waals surface area contributed by atoms with E-state index in [4.69, 9.17) is 10.5 Å². The second kappa shape index (κ2) is 10.9. The number of nitrogen functional groups attached to an aromatic ring is 1. The van der Waals surface area contributed by atoms with E-state index < -0.39 is 11.7 Å². The molecule has 5 nitrogen and oxygen atoms in total. The van der Waals surface area contributed by atoms with Crippen LogP contribution in [0.5, 0.6) is 11.5 Å². The number of benzene rings is 3. The van der Waals surface area contributed by atoms with Gasteiger partial charge in [0.05, 0.1) is 17.3 Å². The van der Waals surface area contributed by atoms with Crippen LogP contribution in [0.4, 0.5) is 19.0 Å². The Labute approximate surface area is 201 Å². The largest absolute Gasteiger partial charge is 0.457 e. The number of carbonyl (C=O) groups excluding carboxylic acids is 1. The molecule has 3 N–H and O–H groups in total. The normalized spacial score (nSPS) is 11.8. The van der Waals surface area contributed by atoms with Gasteiger partial charge in [-0.15, -0.1) is 0 Å². The number of nitrogens with zero attached hydrogens (tertiary/aromatic N) is 1. The molecule has 0 aliphatic carbocycles. The van der Waals surface area contributed by atoms with Gasteiger partial charge >= 0.3 is 6.18 Å². The SMILES string of the molecule is CC.CC(NC(=O)c1ccc2c(Oc3ccc(C(F)(F)F)cc3)cccc2c1)c1cccc(N)n1. The van der Waals surface area contributed by atoms with Gasteiger partial charge in [-0.25, -0.2) is 4.98 Å². The Kier molecular flexibility index (Phi) is 7.96. The van der Waals surface area contributed by atoms with Crippen LogP contribution >= 0.6 is 0 Å². The predicted octanol–water partition coefficient (Wildman–Crippen LogP) is 7.15. The van der Waals surface area contributed by atoms with E-state index in [1.165, 1.54) is 12.1 Å². The third-order valence-electron chi connectivity index (χ3n) is 5.10. The fourth-order valence-electron chi connectivity index (χ4n) is 3.39. The molecule has 0 aliphatic rings. The summed E-state index contributed by atoms with van der Waals surface area (Å²) in [5, 5.41) is 4.37. The second-order valence-corrected chi connectivity index (χ2v) is 7.50. The van der Waals surface area contributed by atoms with E-state index in [1.807, 2.05) is 26.8 Å². The molecule has 0 radical (unpaired) electrons. The highest BCUT2D eigenvalue weighted by atomic mass is 19.4. The molecule has 1 amide bonds. The number of anilines is 1. The van der Waals surface area contributed by atoms with Crippen LogP contribution in [0.1, 0.15) is 48.4 Å². The number of halogens is 3. The highest BCUT2D eigenvalue weighted by Gasteiger charge is 2.30. The minimum absolute atomic E-state index is 0.275. The van der Waals surface area contributed by atoms with E-state index >= 15 is 0 Å². The summed E-state index contributed by atoms with van der Waals surface area (Å²) in [6.07, 6.45) is -4.41. The van der Waals surface area contributed by atoms with Crippen LogP contribution in [0, 0.1) is 0 Å². The number of aromatic nitrogens is 1. The molecular weight excluding hydrogens is 455 g/mol. The van der Waals surface area contributed by atoms with Crippen LogP contribution in [0.3, 0.4) is 0 Å². The van der Waals surface area contributed by atoms with Gasteiger partial charge < -0.3 is 15.8 Å². The van der Waals surface area contributed by atoms with Crippen molar-refractivity contribution < 1.29 is 22.7 Å². The van der Waals surface area contributed by atoms with Crippen molar-refractivity contribution in [2.24, 2.45) is 0 Å². The highest BCUT2D eigenvalue weighted by Crippen LogP contribution is 2.33. The zero-order valence-electron chi connectivity index (χ0n) is 19.6. The maximum atomic E-state index is 12.8. The Morgan fingerprint density at radius 1 is 0.971 bits per heavy atom. The summed E-state index contributed by atoms with van der Waals surface area (Å²) >= 11 is 0. The van der Waals surface area contributed by atoms with Gasteiger partial charge in [-0.3, -0.25) is 4.79 Å². The number of alkyl halides is 3. The summed E-state index contributed by atoms with van der Waals surface area (Å²) in [5.41, 5.74) is 6.06. The lowest BCUT2D eigenvalue weighted by molar-refractivity contribution is -0.137. The summed E-state index contributed by atoms with van der Waals surface area (Å²) in [7, 11) is 0. The van der Waals surface area contributed by atoms with Crippen molar-refractivity contribution in [1.29, 1.82) is 0 Å². The topological polar surface area (TPSA) is 77.2 Å². The molecule has 0 spiro atoms. The van der Waals surface area contributed by atoms with E-state index in [9.17, 15) is 18.0 Å². The summed E-state index contributed by atoms with van der Waals surface area (Å²) in [4.78, 5) is 17.0. The first-order valence-electron chi connectivity index (χ1n) is 11.1. The van der Waals surface area contributed by atoms with Crippen molar-refractivity contribution in [3.05, 3.63) is 95.7 Å². The smallest absolute Gasteiger partial charge is 0.416 e. The van der Waals surface area contributed by atoms with Gasteiger partial charge in [0.1, 0.15) is 17.3 Å². The maximum absolute atomic E-state index is 12.8. The van der Waals surface area contributed by atoms with Gasteiger partial charge in [-0.05, 0) is 73.0 Å². The molecule has 1 unspecified atom stereocenters. The van der Waals surface area contributed by atoms with Crippen LogP contribution in [-0.4, -0.2) is 10.9 Å². The van der Waals surface area contributed by atoms with Gasteiger partial charge in [-0.1, -0.05) is 32.0 Å². The zero-order valence-corrected chi connectivity index (χ0v) is 19.6. The van der Waals surface area contributed by atoms with Crippen LogP contribution in [0.15, 0.2) is 78.9 Å². The fraction of sp³-hybridized carbons (Fsp3) is 0.185. The Morgan fingerprint density at radius 2 is 1.66 bits per heavy atom. The van der Waals surface area contributed by atoms with Crippen molar-refractivity contribution in [2.75, 3.05) is 5.73 Å². The molecule has 35 heavy (non-hydrogen) atoms. The Bertz CT molecular complexity index is 1310. The first-order chi connectivity index (χ1) is 16.7. The second-order valence-electron chi connectivity index (χ2n) is 7.50. The number of rotatable bonds is 5. The number of ether oxygens (including phenoxy) is 1. The number of nitrogens with two attached hydrogens (primary N) is 1. The molecule has 0 saturated heterocycles. The fourth-order valence-corrected chi connectivity index (χ4v) is 3.39. The number of hydrogen-bond donors (Lipinski definition) is 2. The zero-order chi connectivity index (χ0) is 25.6. The quantitative estimate of drug-likeness (QED) is 0.317. The van der Waals surface area contributed by atoms with Crippen LogP contribution in [-0.2, 0) is 6.18 Å². The molecule has 0 aliphatic heterocycles. The first kappa shape index (κ1) is 25.6. The Balaban J connectivity index is 0.00000167. The van der Waals surface area contributed by atoms with E-state index in [2.05, 4.69) is 10.3 Å². The standard InChI is InChI=1S/C25H20F3N3O2.C2H6/c1-15(21-5-3-7-23(29)31-21)30-24(32)17-8-13-20-16(14-17)4-2-6-22(20)33-19-11-9-18(10-12-19)25(26,27)28;1-2/h2-15H,1H3,(H2,29,31)(H,30,32);1-2H3. The van der Waals surface area contributed by atoms with Crippen molar-refractivity contribution in [3.8, 4) is 11.5 Å². The summed E-state index contributed by atoms with van der Waals surface area (Å²) in [6, 6.07) is 19.8. The predicted molar refractivity (Wildman–Crippen MR) is 131 cm³/mol. The molecule has 182 valence electrons. The maximum Gasteiger partial charge on any atom is 0.416 e. The summed E-state index contributed by atoms with van der Waals surface area (Å²) < 4.78 is 44.1. The highest BCUT2D eigenvalue weighted by molar-refractivity contribution is 6.00. The van der Waals surface area contributed by atoms with Crippen molar-refractivity contribution in [1.82, 2.24) is 10.3 Å². The van der Waals surface area contributed by atoms with Crippen molar-refractivity contribution in [3.63, 3.8) is 0 Å². The van der Waals surface area contributed by atoms with E-state index in [1.54, 1.807) is 48.5 Å². The van der Waals surface area contributed by atoms with Crippen LogP contribution in [0.2, 0.25) is 0 Å². The summed E-state index contributed by atoms with van der Waals surface area (Å²) in [6.45, 7) is 5.82. The van der Waals surface area contributed by atoms with Crippen molar-refractivity contribution >= 4 is 22.5 Å². The average Bonchev–Trinajstić information content (AvgIpc) is 2.85. The third-order valence-corrected chi connectivity index (χ3v) is 5.10. The van der Waals surface area contributed by atoms with E-state index in [-0.39, 0.29) is 17.7 Å². The minimum atomic E-state index is -4.41. The number of carbonyl (C=O) groups is 1.